The lowest BCUT2D eigenvalue weighted by atomic mass is 11.5. The van der Waals surface area contributed by atoms with E-state index in [1.165, 1.54) is 0 Å². The molecule has 96 valence electrons. The third kappa shape index (κ3) is 7.18. The smallest absolute Gasteiger partial charge is 0.229 e. The van der Waals surface area contributed by atoms with E-state index in [4.69, 9.17) is 4.12 Å². The van der Waals surface area contributed by atoms with E-state index in [1.54, 1.807) is 0 Å². The Hall–Kier alpha value is 0.788. The Morgan fingerprint density at radius 2 is 1.19 bits per heavy atom. The lowest BCUT2D eigenvalue weighted by Gasteiger charge is -2.43. The summed E-state index contributed by atoms with van der Waals surface area (Å²) in [6.07, 6.45) is 1.16. The lowest BCUT2D eigenvalue weighted by Crippen LogP contribution is -2.60. The molecule has 0 saturated heterocycles. The second-order valence-corrected chi connectivity index (χ2v) is 23.1. The molecular weight excluding hydrogens is 262 g/mol. The summed E-state index contributed by atoms with van der Waals surface area (Å²) in [5.74, 6) is 0. The van der Waals surface area contributed by atoms with Gasteiger partial charge in [-0.3, -0.25) is 0 Å². The second-order valence-electron chi connectivity index (χ2n) is 7.29. The van der Waals surface area contributed by atoms with Gasteiger partial charge < -0.3 is 8.35 Å². The van der Waals surface area contributed by atoms with Crippen LogP contribution in [0.2, 0.25) is 58.9 Å². The third-order valence-corrected chi connectivity index (χ3v) is 13.9. The molecule has 16 heavy (non-hydrogen) atoms. The molecule has 0 saturated carbocycles. The molecule has 0 atom stereocenters. The normalized spacial score (nSPS) is 14.6. The van der Waals surface area contributed by atoms with Gasteiger partial charge in [0, 0.05) is 6.17 Å². The minimum atomic E-state index is -1.33. The van der Waals surface area contributed by atoms with Gasteiger partial charge in [-0.15, -0.1) is 0 Å². The van der Waals surface area contributed by atoms with Crippen LogP contribution in [0.5, 0.6) is 0 Å². The van der Waals surface area contributed by atoms with E-state index in [0.29, 0.717) is 9.76 Å². The standard InChI is InChI=1S/C10H29NOSi4/c1-14(2,3)11(15(4,5)6)10-13-12-16(7,8)9/h10H2,1-9H3. The molecule has 2 radical (unpaired) electrons. The molecular formula is C10H29NOSi4. The number of nitrogens with zero attached hydrogens (tertiary/aromatic N) is 1. The summed E-state index contributed by atoms with van der Waals surface area (Å²) in [4.78, 5) is 0. The van der Waals surface area contributed by atoms with Crippen molar-refractivity contribution in [2.75, 3.05) is 6.17 Å². The predicted octanol–water partition coefficient (Wildman–Crippen LogP) is 3.39. The SMILES string of the molecule is C[Si](C)(C)O[Si]CN([Si](C)(C)C)[Si](C)(C)C. The van der Waals surface area contributed by atoms with Gasteiger partial charge in [-0.2, -0.15) is 0 Å². The second kappa shape index (κ2) is 5.62. The van der Waals surface area contributed by atoms with E-state index in [1.807, 2.05) is 0 Å². The molecule has 0 rings (SSSR count). The van der Waals surface area contributed by atoms with Crippen molar-refractivity contribution in [1.82, 2.24) is 4.23 Å². The van der Waals surface area contributed by atoms with Crippen molar-refractivity contribution in [1.29, 1.82) is 0 Å². The maximum Gasteiger partial charge on any atom is 0.229 e. The topological polar surface area (TPSA) is 12.5 Å². The Bertz CT molecular complexity index is 200. The molecule has 6 heteroatoms. The zero-order valence-electron chi connectivity index (χ0n) is 12.6. The quantitative estimate of drug-likeness (QED) is 0.696. The van der Waals surface area contributed by atoms with Crippen LogP contribution in [0.15, 0.2) is 0 Å². The van der Waals surface area contributed by atoms with Gasteiger partial charge in [-0.25, -0.2) is 0 Å². The molecule has 0 N–H and O–H groups in total. The van der Waals surface area contributed by atoms with Gasteiger partial charge in [0.15, 0.2) is 8.32 Å². The number of hydrogen-bond acceptors (Lipinski definition) is 2. The fraction of sp³-hybridized carbons (Fsp3) is 1.00. The largest absolute Gasteiger partial charge is 0.456 e. The highest BCUT2D eigenvalue weighted by Gasteiger charge is 2.34. The molecule has 2 nitrogen and oxygen atoms in total. The van der Waals surface area contributed by atoms with Crippen LogP contribution in [0.4, 0.5) is 0 Å². The van der Waals surface area contributed by atoms with Crippen molar-refractivity contribution in [2.24, 2.45) is 0 Å². The van der Waals surface area contributed by atoms with Gasteiger partial charge >= 0.3 is 0 Å². The number of hydrogen-bond donors (Lipinski definition) is 0. The molecule has 0 aliphatic heterocycles. The summed E-state index contributed by atoms with van der Waals surface area (Å²) in [5.41, 5.74) is 0. The highest BCUT2D eigenvalue weighted by molar-refractivity contribution is 6.90. The van der Waals surface area contributed by atoms with Crippen LogP contribution in [0.1, 0.15) is 0 Å². The molecule has 0 amide bonds. The van der Waals surface area contributed by atoms with Gasteiger partial charge in [-0.1, -0.05) is 39.3 Å². The Balaban J connectivity index is 4.38. The summed E-state index contributed by atoms with van der Waals surface area (Å²) in [6, 6.07) is 0. The average Bonchev–Trinajstić information content (AvgIpc) is 1.90. The van der Waals surface area contributed by atoms with E-state index < -0.39 is 24.8 Å². The van der Waals surface area contributed by atoms with Crippen LogP contribution >= 0.6 is 0 Å². The Morgan fingerprint density at radius 3 is 1.44 bits per heavy atom. The molecule has 0 spiro atoms. The summed E-state index contributed by atoms with van der Waals surface area (Å²) >= 11 is 0. The summed E-state index contributed by atoms with van der Waals surface area (Å²) in [5, 5.41) is 0. The molecule has 0 unspecified atom stereocenters. The highest BCUT2D eigenvalue weighted by atomic mass is 28.4. The van der Waals surface area contributed by atoms with E-state index in [-0.39, 0.29) is 0 Å². The lowest BCUT2D eigenvalue weighted by molar-refractivity contribution is 0.569. The fourth-order valence-electron chi connectivity index (χ4n) is 1.79. The van der Waals surface area contributed by atoms with Crippen LogP contribution in [-0.2, 0) is 4.12 Å². The van der Waals surface area contributed by atoms with Gasteiger partial charge in [0.05, 0.1) is 0 Å². The Labute approximate surface area is 108 Å². The molecule has 0 aromatic carbocycles. The Kier molecular flexibility index (Phi) is 5.90. The first-order valence-electron chi connectivity index (χ1n) is 6.03. The first kappa shape index (κ1) is 16.8. The molecule has 0 heterocycles. The van der Waals surface area contributed by atoms with Crippen molar-refractivity contribution < 1.29 is 4.12 Å². The zero-order valence-corrected chi connectivity index (χ0v) is 16.6. The van der Waals surface area contributed by atoms with Gasteiger partial charge in [0.1, 0.15) is 16.5 Å². The fourth-order valence-corrected chi connectivity index (χ4v) is 16.1. The monoisotopic (exact) mass is 291 g/mol. The van der Waals surface area contributed by atoms with E-state index in [0.717, 1.165) is 6.17 Å². The first-order chi connectivity index (χ1) is 6.84. The third-order valence-electron chi connectivity index (χ3n) is 2.22. The predicted molar refractivity (Wildman–Crippen MR) is 83.6 cm³/mol. The Morgan fingerprint density at radius 1 is 0.812 bits per heavy atom. The molecule has 0 fully saturated rings. The van der Waals surface area contributed by atoms with Crippen molar-refractivity contribution in [2.45, 2.75) is 58.9 Å². The minimum Gasteiger partial charge on any atom is -0.456 e. The van der Waals surface area contributed by atoms with Gasteiger partial charge in [0.2, 0.25) is 9.76 Å². The van der Waals surface area contributed by atoms with Crippen LogP contribution in [0.3, 0.4) is 0 Å². The van der Waals surface area contributed by atoms with Crippen LogP contribution < -0.4 is 0 Å². The molecule has 0 aromatic heterocycles. The van der Waals surface area contributed by atoms with Crippen LogP contribution in [-0.4, -0.2) is 45.0 Å². The molecule has 0 aliphatic rings. The number of rotatable bonds is 6. The maximum absolute atomic E-state index is 6.02. The zero-order chi connectivity index (χ0) is 13.2. The van der Waals surface area contributed by atoms with Gasteiger partial charge in [-0.05, 0) is 19.6 Å². The van der Waals surface area contributed by atoms with Crippen molar-refractivity contribution in [3.05, 3.63) is 0 Å². The highest BCUT2D eigenvalue weighted by Crippen LogP contribution is 2.19. The van der Waals surface area contributed by atoms with E-state index in [2.05, 4.69) is 63.2 Å². The van der Waals surface area contributed by atoms with E-state index >= 15 is 0 Å². The van der Waals surface area contributed by atoms with Crippen LogP contribution in [0.25, 0.3) is 0 Å². The average molecular weight is 292 g/mol. The maximum atomic E-state index is 6.02. The first-order valence-corrected chi connectivity index (χ1v) is 17.4. The van der Waals surface area contributed by atoms with Crippen molar-refractivity contribution in [3.8, 4) is 0 Å². The minimum absolute atomic E-state index is 0.668. The van der Waals surface area contributed by atoms with Crippen molar-refractivity contribution >= 4 is 34.6 Å². The summed E-state index contributed by atoms with van der Waals surface area (Å²) in [6.45, 7) is 21.5. The molecule has 0 aromatic rings. The van der Waals surface area contributed by atoms with E-state index in [9.17, 15) is 0 Å². The summed E-state index contributed by atoms with van der Waals surface area (Å²) < 4.78 is 8.82. The van der Waals surface area contributed by atoms with Crippen molar-refractivity contribution in [3.63, 3.8) is 0 Å². The summed E-state index contributed by atoms with van der Waals surface area (Å²) in [7, 11) is -3.02. The molecule has 0 aliphatic carbocycles. The molecule has 0 bridgehead atoms. The van der Waals surface area contributed by atoms with Gasteiger partial charge in [0.25, 0.3) is 0 Å². The van der Waals surface area contributed by atoms with Crippen LogP contribution in [0, 0.1) is 0 Å².